The Bertz CT molecular complexity index is 283. The van der Waals surface area contributed by atoms with Gasteiger partial charge in [0.25, 0.3) is 0 Å². The molecule has 2 atom stereocenters. The van der Waals surface area contributed by atoms with Gasteiger partial charge in [0.05, 0.1) is 6.10 Å². The molecule has 0 saturated carbocycles. The van der Waals surface area contributed by atoms with Crippen LogP contribution in [0.15, 0.2) is 24.3 Å². The zero-order valence-corrected chi connectivity index (χ0v) is 6.77. The van der Waals surface area contributed by atoms with Crippen LogP contribution in [0.3, 0.4) is 0 Å². The zero-order chi connectivity index (χ0) is 8.55. The predicted octanol–water partition coefficient (Wildman–Crippen LogP) is 1.03. The Morgan fingerprint density at radius 2 is 1.92 bits per heavy atom. The maximum Gasteiger partial charge on any atom is 0.105 e. The highest BCUT2D eigenvalue weighted by molar-refractivity contribution is 5.31. The van der Waals surface area contributed by atoms with Crippen LogP contribution in [0.25, 0.3) is 0 Å². The van der Waals surface area contributed by atoms with Crippen molar-refractivity contribution in [2.75, 3.05) is 0 Å². The minimum Gasteiger partial charge on any atom is -0.390 e. The van der Waals surface area contributed by atoms with E-state index in [1.165, 1.54) is 0 Å². The summed E-state index contributed by atoms with van der Waals surface area (Å²) in [5.41, 5.74) is 2.05. The van der Waals surface area contributed by atoms with Gasteiger partial charge in [-0.25, -0.2) is 0 Å². The minimum absolute atomic E-state index is 0.583. The fourth-order valence-corrected chi connectivity index (χ4v) is 1.72. The van der Waals surface area contributed by atoms with Gasteiger partial charge in [-0.2, -0.15) is 0 Å². The van der Waals surface area contributed by atoms with Crippen LogP contribution in [0, 0.1) is 0 Å². The summed E-state index contributed by atoms with van der Waals surface area (Å²) in [6.45, 7) is 0. The van der Waals surface area contributed by atoms with Crippen molar-refractivity contribution in [3.8, 4) is 0 Å². The standard InChI is InChI=1S/C10H12O2/c11-9-6-5-7-3-1-2-4-8(7)10(9)12/h1-4,9-12H,5-6H2/t9-,10+/m0/s1. The van der Waals surface area contributed by atoms with E-state index in [-0.39, 0.29) is 0 Å². The van der Waals surface area contributed by atoms with E-state index in [0.29, 0.717) is 6.42 Å². The Balaban J connectivity index is 2.42. The van der Waals surface area contributed by atoms with E-state index in [9.17, 15) is 10.2 Å². The van der Waals surface area contributed by atoms with Crippen LogP contribution >= 0.6 is 0 Å². The molecule has 2 N–H and O–H groups in total. The van der Waals surface area contributed by atoms with Gasteiger partial charge in [0.2, 0.25) is 0 Å². The maximum atomic E-state index is 9.58. The molecule has 1 aliphatic carbocycles. The number of fused-ring (bicyclic) bond motifs is 1. The molecular weight excluding hydrogens is 152 g/mol. The smallest absolute Gasteiger partial charge is 0.105 e. The van der Waals surface area contributed by atoms with Gasteiger partial charge in [-0.3, -0.25) is 0 Å². The van der Waals surface area contributed by atoms with Crippen LogP contribution < -0.4 is 0 Å². The van der Waals surface area contributed by atoms with Gasteiger partial charge in [0.15, 0.2) is 0 Å². The Morgan fingerprint density at radius 1 is 1.17 bits per heavy atom. The van der Waals surface area contributed by atoms with Gasteiger partial charge in [0.1, 0.15) is 6.10 Å². The van der Waals surface area contributed by atoms with Crippen molar-refractivity contribution in [3.05, 3.63) is 35.4 Å². The summed E-state index contributed by atoms with van der Waals surface area (Å²) >= 11 is 0. The number of aliphatic hydroxyl groups excluding tert-OH is 2. The van der Waals surface area contributed by atoms with Gasteiger partial charge in [-0.05, 0) is 24.0 Å². The van der Waals surface area contributed by atoms with Gasteiger partial charge >= 0.3 is 0 Å². The molecule has 0 unspecified atom stereocenters. The van der Waals surface area contributed by atoms with E-state index in [1.54, 1.807) is 0 Å². The van der Waals surface area contributed by atoms with Crippen molar-refractivity contribution in [2.24, 2.45) is 0 Å². The normalized spacial score (nSPS) is 28.2. The maximum absolute atomic E-state index is 9.58. The molecule has 64 valence electrons. The summed E-state index contributed by atoms with van der Waals surface area (Å²) in [6, 6.07) is 7.73. The Kier molecular flexibility index (Phi) is 1.87. The lowest BCUT2D eigenvalue weighted by molar-refractivity contribution is 0.00650. The summed E-state index contributed by atoms with van der Waals surface area (Å²) in [5, 5.41) is 19.0. The van der Waals surface area contributed by atoms with Crippen molar-refractivity contribution in [1.82, 2.24) is 0 Å². The molecule has 2 rings (SSSR count). The van der Waals surface area contributed by atoms with Gasteiger partial charge < -0.3 is 10.2 Å². The highest BCUT2D eigenvalue weighted by Gasteiger charge is 2.25. The third-order valence-corrected chi connectivity index (χ3v) is 2.45. The molecule has 0 saturated heterocycles. The first kappa shape index (κ1) is 7.77. The van der Waals surface area contributed by atoms with Gasteiger partial charge in [-0.1, -0.05) is 24.3 Å². The summed E-state index contributed by atoms with van der Waals surface area (Å²) in [4.78, 5) is 0. The third-order valence-electron chi connectivity index (χ3n) is 2.45. The third kappa shape index (κ3) is 1.13. The summed E-state index contributed by atoms with van der Waals surface area (Å²) in [7, 11) is 0. The average Bonchev–Trinajstić information content (AvgIpc) is 2.12. The highest BCUT2D eigenvalue weighted by Crippen LogP contribution is 2.29. The molecule has 0 heterocycles. The fourth-order valence-electron chi connectivity index (χ4n) is 1.72. The van der Waals surface area contributed by atoms with Crippen LogP contribution in [-0.2, 0) is 6.42 Å². The van der Waals surface area contributed by atoms with Crippen molar-refractivity contribution >= 4 is 0 Å². The second kappa shape index (κ2) is 2.88. The van der Waals surface area contributed by atoms with Gasteiger partial charge in [0, 0.05) is 0 Å². The second-order valence-electron chi connectivity index (χ2n) is 3.25. The van der Waals surface area contributed by atoms with Crippen molar-refractivity contribution in [2.45, 2.75) is 25.0 Å². The molecule has 0 radical (unpaired) electrons. The van der Waals surface area contributed by atoms with Crippen molar-refractivity contribution < 1.29 is 10.2 Å². The summed E-state index contributed by atoms with van der Waals surface area (Å²) < 4.78 is 0. The molecule has 0 spiro atoms. The summed E-state index contributed by atoms with van der Waals surface area (Å²) in [5.74, 6) is 0. The minimum atomic E-state index is -0.685. The first-order valence-electron chi connectivity index (χ1n) is 4.23. The fraction of sp³-hybridized carbons (Fsp3) is 0.400. The topological polar surface area (TPSA) is 40.5 Å². The lowest BCUT2D eigenvalue weighted by Gasteiger charge is -2.25. The molecule has 0 aromatic heterocycles. The monoisotopic (exact) mass is 164 g/mol. The first-order valence-corrected chi connectivity index (χ1v) is 4.23. The number of hydrogen-bond donors (Lipinski definition) is 2. The zero-order valence-electron chi connectivity index (χ0n) is 6.77. The van der Waals surface area contributed by atoms with Gasteiger partial charge in [-0.15, -0.1) is 0 Å². The van der Waals surface area contributed by atoms with Crippen LogP contribution in [0.4, 0.5) is 0 Å². The Morgan fingerprint density at radius 3 is 2.75 bits per heavy atom. The lowest BCUT2D eigenvalue weighted by Crippen LogP contribution is -2.24. The number of hydrogen-bond acceptors (Lipinski definition) is 2. The molecule has 2 nitrogen and oxygen atoms in total. The molecule has 0 aliphatic heterocycles. The Hall–Kier alpha value is -0.860. The molecule has 1 aromatic rings. The molecule has 0 bridgehead atoms. The molecule has 0 fully saturated rings. The molecule has 1 aromatic carbocycles. The first-order chi connectivity index (χ1) is 5.79. The summed E-state index contributed by atoms with van der Waals surface area (Å²) in [6.07, 6.45) is 0.266. The number of benzene rings is 1. The lowest BCUT2D eigenvalue weighted by atomic mass is 9.88. The number of aliphatic hydroxyl groups is 2. The predicted molar refractivity (Wildman–Crippen MR) is 45.7 cm³/mol. The SMILES string of the molecule is O[C@@H]1c2ccccc2CC[C@@H]1O. The van der Waals surface area contributed by atoms with Crippen molar-refractivity contribution in [1.29, 1.82) is 0 Å². The number of aryl methyl sites for hydroxylation is 1. The van der Waals surface area contributed by atoms with E-state index in [4.69, 9.17) is 0 Å². The molecule has 1 aliphatic rings. The molecule has 12 heavy (non-hydrogen) atoms. The largest absolute Gasteiger partial charge is 0.390 e. The second-order valence-corrected chi connectivity index (χ2v) is 3.25. The Labute approximate surface area is 71.5 Å². The highest BCUT2D eigenvalue weighted by atomic mass is 16.3. The van der Waals surface area contributed by atoms with E-state index < -0.39 is 12.2 Å². The average molecular weight is 164 g/mol. The van der Waals surface area contributed by atoms with Crippen LogP contribution in [0.5, 0.6) is 0 Å². The molecule has 2 heteroatoms. The van der Waals surface area contributed by atoms with Crippen LogP contribution in [0.1, 0.15) is 23.7 Å². The van der Waals surface area contributed by atoms with Crippen molar-refractivity contribution in [3.63, 3.8) is 0 Å². The van der Waals surface area contributed by atoms with Crippen LogP contribution in [0.2, 0.25) is 0 Å². The molecule has 0 amide bonds. The van der Waals surface area contributed by atoms with E-state index >= 15 is 0 Å². The quantitative estimate of drug-likeness (QED) is 0.601. The van der Waals surface area contributed by atoms with Crippen LogP contribution in [-0.4, -0.2) is 16.3 Å². The van der Waals surface area contributed by atoms with E-state index in [0.717, 1.165) is 17.5 Å². The number of rotatable bonds is 0. The van der Waals surface area contributed by atoms with E-state index in [2.05, 4.69) is 0 Å². The molecular formula is C10H12O2. The van der Waals surface area contributed by atoms with E-state index in [1.807, 2.05) is 24.3 Å².